The Morgan fingerprint density at radius 1 is 1.32 bits per heavy atom. The van der Waals surface area contributed by atoms with E-state index in [2.05, 4.69) is 4.74 Å². The highest BCUT2D eigenvalue weighted by Gasteiger charge is 2.46. The molecule has 2 rings (SSSR count). The standard InChI is InChI=1S/C15H19NO6/c1-21-12(17)6-7-13(18)22-9-8-16-14(19)10-4-2-3-5-11(10)15(16)20/h2-3,6-7,10-11,14,19H,4-5,8-9H2,1H3/b7-6+. The predicted octanol–water partition coefficient (Wildman–Crippen LogP) is 0.00180. The van der Waals surface area contributed by atoms with Gasteiger partial charge in [0.15, 0.2) is 0 Å². The number of nitrogens with zero attached hydrogens (tertiary/aromatic N) is 1. The fraction of sp³-hybridized carbons (Fsp3) is 0.533. The van der Waals surface area contributed by atoms with Gasteiger partial charge in [-0.25, -0.2) is 9.59 Å². The first-order valence-electron chi connectivity index (χ1n) is 7.11. The van der Waals surface area contributed by atoms with E-state index in [9.17, 15) is 19.5 Å². The third-order valence-electron chi connectivity index (χ3n) is 3.92. The Labute approximate surface area is 128 Å². The van der Waals surface area contributed by atoms with Gasteiger partial charge in [-0.05, 0) is 12.8 Å². The molecule has 7 nitrogen and oxygen atoms in total. The Balaban J connectivity index is 1.80. The molecule has 3 unspecified atom stereocenters. The van der Waals surface area contributed by atoms with Crippen LogP contribution in [-0.4, -0.2) is 54.3 Å². The number of fused-ring (bicyclic) bond motifs is 1. The van der Waals surface area contributed by atoms with Crippen molar-refractivity contribution in [2.75, 3.05) is 20.3 Å². The summed E-state index contributed by atoms with van der Waals surface area (Å²) in [5.74, 6) is -1.74. The first-order valence-corrected chi connectivity index (χ1v) is 7.11. The highest BCUT2D eigenvalue weighted by atomic mass is 16.5. The zero-order valence-electron chi connectivity index (χ0n) is 12.3. The molecule has 22 heavy (non-hydrogen) atoms. The number of ether oxygens (including phenoxy) is 2. The topological polar surface area (TPSA) is 93.1 Å². The van der Waals surface area contributed by atoms with Crippen LogP contribution in [0.4, 0.5) is 0 Å². The molecule has 1 aliphatic carbocycles. The van der Waals surface area contributed by atoms with E-state index in [1.54, 1.807) is 0 Å². The third kappa shape index (κ3) is 3.54. The molecule has 1 fully saturated rings. The number of carbonyl (C=O) groups excluding carboxylic acids is 3. The summed E-state index contributed by atoms with van der Waals surface area (Å²) in [6, 6.07) is 0. The van der Waals surface area contributed by atoms with E-state index in [0.717, 1.165) is 12.2 Å². The largest absolute Gasteiger partial charge is 0.466 e. The molecule has 0 saturated carbocycles. The molecule has 120 valence electrons. The van der Waals surface area contributed by atoms with Gasteiger partial charge in [0.05, 0.1) is 13.7 Å². The van der Waals surface area contributed by atoms with Crippen LogP contribution in [0.25, 0.3) is 0 Å². The lowest BCUT2D eigenvalue weighted by atomic mass is 9.85. The van der Waals surface area contributed by atoms with E-state index in [0.29, 0.717) is 12.8 Å². The van der Waals surface area contributed by atoms with Crippen LogP contribution in [0.1, 0.15) is 12.8 Å². The van der Waals surface area contributed by atoms with Gasteiger partial charge >= 0.3 is 11.9 Å². The maximum absolute atomic E-state index is 12.2. The number of methoxy groups -OCH3 is 1. The quantitative estimate of drug-likeness (QED) is 0.436. The molecule has 1 saturated heterocycles. The summed E-state index contributed by atoms with van der Waals surface area (Å²) in [6.07, 6.45) is 6.31. The highest BCUT2D eigenvalue weighted by Crippen LogP contribution is 2.37. The minimum atomic E-state index is -0.841. The number of allylic oxidation sites excluding steroid dienone is 2. The average Bonchev–Trinajstić information content (AvgIpc) is 2.78. The van der Waals surface area contributed by atoms with Crippen molar-refractivity contribution in [3.63, 3.8) is 0 Å². The van der Waals surface area contributed by atoms with Gasteiger partial charge in [-0.1, -0.05) is 12.2 Å². The van der Waals surface area contributed by atoms with E-state index in [-0.39, 0.29) is 30.9 Å². The lowest BCUT2D eigenvalue weighted by molar-refractivity contribution is -0.143. The van der Waals surface area contributed by atoms with Crippen LogP contribution in [0, 0.1) is 11.8 Å². The molecule has 2 aliphatic rings. The van der Waals surface area contributed by atoms with Crippen LogP contribution < -0.4 is 0 Å². The molecule has 0 aromatic heterocycles. The Morgan fingerprint density at radius 3 is 2.68 bits per heavy atom. The number of carbonyl (C=O) groups is 3. The van der Waals surface area contributed by atoms with E-state index < -0.39 is 18.2 Å². The van der Waals surface area contributed by atoms with E-state index in [1.165, 1.54) is 12.0 Å². The number of amides is 1. The van der Waals surface area contributed by atoms with Gasteiger partial charge in [-0.2, -0.15) is 0 Å². The number of hydrogen-bond donors (Lipinski definition) is 1. The molecule has 0 aromatic rings. The molecular weight excluding hydrogens is 290 g/mol. The van der Waals surface area contributed by atoms with Crippen LogP contribution in [0.5, 0.6) is 0 Å². The fourth-order valence-corrected chi connectivity index (χ4v) is 2.76. The number of aliphatic hydroxyl groups is 1. The van der Waals surface area contributed by atoms with Gasteiger partial charge in [-0.3, -0.25) is 4.79 Å². The molecular formula is C15H19NO6. The Hall–Kier alpha value is -2.15. The Kier molecular flexibility index (Phi) is 5.32. The molecule has 7 heteroatoms. The minimum absolute atomic E-state index is 0.0417. The van der Waals surface area contributed by atoms with Crippen LogP contribution in [0.15, 0.2) is 24.3 Å². The van der Waals surface area contributed by atoms with E-state index >= 15 is 0 Å². The Bertz CT molecular complexity index is 512. The van der Waals surface area contributed by atoms with Gasteiger partial charge in [0.2, 0.25) is 5.91 Å². The fourth-order valence-electron chi connectivity index (χ4n) is 2.76. The van der Waals surface area contributed by atoms with Crippen molar-refractivity contribution < 1.29 is 29.0 Å². The Morgan fingerprint density at radius 2 is 2.00 bits per heavy atom. The van der Waals surface area contributed by atoms with E-state index in [1.807, 2.05) is 12.2 Å². The summed E-state index contributed by atoms with van der Waals surface area (Å²) >= 11 is 0. The average molecular weight is 309 g/mol. The normalized spacial score (nSPS) is 27.1. The van der Waals surface area contributed by atoms with Crippen molar-refractivity contribution in [2.45, 2.75) is 19.1 Å². The number of aliphatic hydroxyl groups excluding tert-OH is 1. The van der Waals surface area contributed by atoms with Crippen LogP contribution in [0.2, 0.25) is 0 Å². The lowest BCUT2D eigenvalue weighted by Gasteiger charge is -2.23. The molecule has 1 N–H and O–H groups in total. The van der Waals surface area contributed by atoms with Gasteiger partial charge in [0.25, 0.3) is 0 Å². The van der Waals surface area contributed by atoms with Gasteiger partial charge in [0.1, 0.15) is 12.8 Å². The van der Waals surface area contributed by atoms with Crippen molar-refractivity contribution in [1.29, 1.82) is 0 Å². The molecule has 0 bridgehead atoms. The summed E-state index contributed by atoms with van der Waals surface area (Å²) in [5.41, 5.74) is 0. The van der Waals surface area contributed by atoms with Crippen molar-refractivity contribution in [2.24, 2.45) is 11.8 Å². The molecule has 1 amide bonds. The number of esters is 2. The van der Waals surface area contributed by atoms with Crippen molar-refractivity contribution in [3.8, 4) is 0 Å². The molecule has 0 aromatic carbocycles. The van der Waals surface area contributed by atoms with E-state index in [4.69, 9.17) is 4.74 Å². The van der Waals surface area contributed by atoms with Gasteiger partial charge in [-0.15, -0.1) is 0 Å². The first kappa shape index (κ1) is 16.2. The van der Waals surface area contributed by atoms with Crippen LogP contribution in [0.3, 0.4) is 0 Å². The molecule has 1 heterocycles. The molecule has 0 radical (unpaired) electrons. The summed E-state index contributed by atoms with van der Waals surface area (Å²) in [4.78, 5) is 35.7. The van der Waals surface area contributed by atoms with Crippen LogP contribution in [-0.2, 0) is 23.9 Å². The first-order chi connectivity index (χ1) is 10.5. The van der Waals surface area contributed by atoms with Crippen molar-refractivity contribution in [3.05, 3.63) is 24.3 Å². The summed E-state index contributed by atoms with van der Waals surface area (Å²) < 4.78 is 9.24. The van der Waals surface area contributed by atoms with Gasteiger partial charge in [0, 0.05) is 24.0 Å². The second-order valence-electron chi connectivity index (χ2n) is 5.18. The predicted molar refractivity (Wildman–Crippen MR) is 75.2 cm³/mol. The molecule has 0 spiro atoms. The summed E-state index contributed by atoms with van der Waals surface area (Å²) in [7, 11) is 1.20. The van der Waals surface area contributed by atoms with Crippen LogP contribution >= 0.6 is 0 Å². The molecule has 1 aliphatic heterocycles. The number of hydrogen-bond acceptors (Lipinski definition) is 6. The highest BCUT2D eigenvalue weighted by molar-refractivity contribution is 5.91. The summed E-state index contributed by atoms with van der Waals surface area (Å²) in [6.45, 7) is 0.0881. The number of rotatable bonds is 5. The number of likely N-dealkylation sites (tertiary alicyclic amines) is 1. The second kappa shape index (κ2) is 7.22. The smallest absolute Gasteiger partial charge is 0.331 e. The van der Waals surface area contributed by atoms with Gasteiger partial charge < -0.3 is 19.5 Å². The molecule has 3 atom stereocenters. The SMILES string of the molecule is COC(=O)/C=C/C(=O)OCCN1C(=O)C2CC=CCC2C1O. The maximum Gasteiger partial charge on any atom is 0.331 e. The zero-order chi connectivity index (χ0) is 16.1. The maximum atomic E-state index is 12.2. The second-order valence-corrected chi connectivity index (χ2v) is 5.18. The zero-order valence-corrected chi connectivity index (χ0v) is 12.3. The van der Waals surface area contributed by atoms with Crippen molar-refractivity contribution in [1.82, 2.24) is 4.90 Å². The minimum Gasteiger partial charge on any atom is -0.466 e. The monoisotopic (exact) mass is 309 g/mol. The van der Waals surface area contributed by atoms with Crippen molar-refractivity contribution >= 4 is 17.8 Å². The third-order valence-corrected chi connectivity index (χ3v) is 3.92. The summed E-state index contributed by atoms with van der Waals surface area (Å²) in [5, 5.41) is 10.2. The lowest BCUT2D eigenvalue weighted by Crippen LogP contribution is -2.37.